The highest BCUT2D eigenvalue weighted by molar-refractivity contribution is 7.84. The summed E-state index contributed by atoms with van der Waals surface area (Å²) >= 11 is 0. The molecular weight excluding hydrogens is 230 g/mol. The van der Waals surface area contributed by atoms with Crippen LogP contribution in [-0.4, -0.2) is 22.3 Å². The van der Waals surface area contributed by atoms with E-state index in [9.17, 15) is 4.21 Å². The van der Waals surface area contributed by atoms with Crippen LogP contribution in [0.15, 0.2) is 18.2 Å². The maximum Gasteiger partial charge on any atom is 0.0439 e. The van der Waals surface area contributed by atoms with Gasteiger partial charge in [-0.15, -0.1) is 0 Å². The molecule has 1 N–H and O–H groups in total. The Morgan fingerprint density at radius 2 is 2.00 bits per heavy atom. The summed E-state index contributed by atoms with van der Waals surface area (Å²) in [6.45, 7) is 9.19. The van der Waals surface area contributed by atoms with Crippen molar-refractivity contribution in [3.63, 3.8) is 0 Å². The fraction of sp³-hybridized carbons (Fsp3) is 0.571. The van der Waals surface area contributed by atoms with Crippen molar-refractivity contribution in [1.82, 2.24) is 5.32 Å². The second kappa shape index (κ2) is 6.92. The van der Waals surface area contributed by atoms with Crippen molar-refractivity contribution >= 4 is 10.8 Å². The van der Waals surface area contributed by atoms with Gasteiger partial charge in [-0.3, -0.25) is 4.21 Å². The molecule has 1 aromatic rings. The molecule has 0 radical (unpaired) electrons. The molecule has 96 valence electrons. The van der Waals surface area contributed by atoms with Crippen molar-refractivity contribution in [3.05, 3.63) is 34.9 Å². The van der Waals surface area contributed by atoms with Gasteiger partial charge >= 0.3 is 0 Å². The van der Waals surface area contributed by atoms with Crippen LogP contribution in [0.2, 0.25) is 0 Å². The summed E-state index contributed by atoms with van der Waals surface area (Å²) < 4.78 is 11.7. The molecule has 2 unspecified atom stereocenters. The van der Waals surface area contributed by atoms with Crippen LogP contribution in [0, 0.1) is 13.8 Å². The monoisotopic (exact) mass is 253 g/mol. The summed E-state index contributed by atoms with van der Waals surface area (Å²) in [5, 5.41) is 3.44. The van der Waals surface area contributed by atoms with E-state index < -0.39 is 10.8 Å². The molecule has 1 aromatic carbocycles. The van der Waals surface area contributed by atoms with Crippen LogP contribution in [0.1, 0.15) is 36.6 Å². The first-order valence-corrected chi connectivity index (χ1v) is 7.72. The zero-order valence-electron chi connectivity index (χ0n) is 11.2. The Balaban J connectivity index is 2.95. The van der Waals surface area contributed by atoms with Gasteiger partial charge in [0.1, 0.15) is 0 Å². The molecule has 0 bridgehead atoms. The summed E-state index contributed by atoms with van der Waals surface area (Å²) in [4.78, 5) is 0. The molecule has 0 aromatic heterocycles. The van der Waals surface area contributed by atoms with E-state index in [-0.39, 0.29) is 6.04 Å². The minimum Gasteiger partial charge on any atom is -0.309 e. The lowest BCUT2D eigenvalue weighted by molar-refractivity contribution is 0.592. The summed E-state index contributed by atoms with van der Waals surface area (Å²) in [6, 6.07) is 6.68. The molecular formula is C14H23NOS. The zero-order valence-corrected chi connectivity index (χ0v) is 12.1. The van der Waals surface area contributed by atoms with Gasteiger partial charge in [0, 0.05) is 28.3 Å². The van der Waals surface area contributed by atoms with Crippen LogP contribution in [0.25, 0.3) is 0 Å². The van der Waals surface area contributed by atoms with Crippen LogP contribution in [0.4, 0.5) is 0 Å². The van der Waals surface area contributed by atoms with Crippen LogP contribution >= 0.6 is 0 Å². The Kier molecular flexibility index (Phi) is 5.86. The molecule has 2 atom stereocenters. The van der Waals surface area contributed by atoms with Crippen molar-refractivity contribution in [2.24, 2.45) is 0 Å². The average Bonchev–Trinajstić information content (AvgIpc) is 2.31. The van der Waals surface area contributed by atoms with Crippen LogP contribution in [0.5, 0.6) is 0 Å². The Hall–Kier alpha value is -0.670. The van der Waals surface area contributed by atoms with E-state index >= 15 is 0 Å². The number of hydrogen-bond donors (Lipinski definition) is 1. The van der Waals surface area contributed by atoms with E-state index in [0.29, 0.717) is 5.75 Å². The summed E-state index contributed by atoms with van der Waals surface area (Å²) in [5.41, 5.74) is 3.82. The minimum absolute atomic E-state index is 0.209. The summed E-state index contributed by atoms with van der Waals surface area (Å²) in [5.74, 6) is 1.43. The maximum atomic E-state index is 11.7. The third kappa shape index (κ3) is 4.25. The number of hydrogen-bond acceptors (Lipinski definition) is 2. The SMILES string of the molecule is CCNC(CS(=O)CC)c1cc(C)ccc1C. The van der Waals surface area contributed by atoms with Gasteiger partial charge in [-0.1, -0.05) is 37.6 Å². The zero-order chi connectivity index (χ0) is 12.8. The molecule has 0 heterocycles. The Bertz CT molecular complexity index is 390. The van der Waals surface area contributed by atoms with Gasteiger partial charge in [-0.05, 0) is 31.5 Å². The molecule has 1 rings (SSSR count). The number of aryl methyl sites for hydroxylation is 2. The molecule has 0 saturated carbocycles. The molecule has 0 saturated heterocycles. The van der Waals surface area contributed by atoms with Crippen molar-refractivity contribution in [1.29, 1.82) is 0 Å². The first-order chi connectivity index (χ1) is 8.08. The molecule has 17 heavy (non-hydrogen) atoms. The van der Waals surface area contributed by atoms with Gasteiger partial charge in [-0.2, -0.15) is 0 Å². The van der Waals surface area contributed by atoms with Gasteiger partial charge in [0.2, 0.25) is 0 Å². The summed E-state index contributed by atoms with van der Waals surface area (Å²) in [7, 11) is -0.736. The van der Waals surface area contributed by atoms with E-state index in [1.54, 1.807) is 0 Å². The number of nitrogens with one attached hydrogen (secondary N) is 1. The third-order valence-corrected chi connectivity index (χ3v) is 4.28. The van der Waals surface area contributed by atoms with E-state index in [1.807, 2.05) is 6.92 Å². The van der Waals surface area contributed by atoms with Gasteiger partial charge in [0.25, 0.3) is 0 Å². The lowest BCUT2D eigenvalue weighted by Crippen LogP contribution is -2.27. The number of rotatable bonds is 6. The van der Waals surface area contributed by atoms with E-state index in [0.717, 1.165) is 12.3 Å². The summed E-state index contributed by atoms with van der Waals surface area (Å²) in [6.07, 6.45) is 0. The maximum absolute atomic E-state index is 11.7. The lowest BCUT2D eigenvalue weighted by atomic mass is 10.00. The molecule has 0 aliphatic rings. The van der Waals surface area contributed by atoms with E-state index in [1.165, 1.54) is 16.7 Å². The molecule has 0 spiro atoms. The predicted octanol–water partition coefficient (Wildman–Crippen LogP) is 2.72. The Labute approximate surface area is 107 Å². The normalized spacial score (nSPS) is 14.6. The first-order valence-electron chi connectivity index (χ1n) is 6.24. The standard InChI is InChI=1S/C14H23NOS/c1-5-15-14(10-17(16)6-2)13-9-11(3)7-8-12(13)4/h7-9,14-15H,5-6,10H2,1-4H3. The first kappa shape index (κ1) is 14.4. The Morgan fingerprint density at radius 1 is 1.29 bits per heavy atom. The van der Waals surface area contributed by atoms with Crippen molar-refractivity contribution < 1.29 is 4.21 Å². The smallest absolute Gasteiger partial charge is 0.0439 e. The molecule has 3 heteroatoms. The minimum atomic E-state index is -0.736. The van der Waals surface area contributed by atoms with Gasteiger partial charge in [-0.25, -0.2) is 0 Å². The van der Waals surface area contributed by atoms with Crippen LogP contribution in [0.3, 0.4) is 0 Å². The molecule has 2 nitrogen and oxygen atoms in total. The highest BCUT2D eigenvalue weighted by atomic mass is 32.2. The van der Waals surface area contributed by atoms with Crippen LogP contribution < -0.4 is 5.32 Å². The third-order valence-electron chi connectivity index (χ3n) is 2.94. The molecule has 0 amide bonds. The topological polar surface area (TPSA) is 29.1 Å². The lowest BCUT2D eigenvalue weighted by Gasteiger charge is -2.20. The van der Waals surface area contributed by atoms with Crippen LogP contribution in [-0.2, 0) is 10.8 Å². The van der Waals surface area contributed by atoms with Gasteiger partial charge in [0.05, 0.1) is 0 Å². The highest BCUT2D eigenvalue weighted by Crippen LogP contribution is 2.20. The van der Waals surface area contributed by atoms with Gasteiger partial charge in [0.15, 0.2) is 0 Å². The van der Waals surface area contributed by atoms with E-state index in [2.05, 4.69) is 44.3 Å². The largest absolute Gasteiger partial charge is 0.309 e. The highest BCUT2D eigenvalue weighted by Gasteiger charge is 2.15. The quantitative estimate of drug-likeness (QED) is 0.844. The molecule has 0 fully saturated rings. The van der Waals surface area contributed by atoms with Crippen molar-refractivity contribution in [2.75, 3.05) is 18.1 Å². The van der Waals surface area contributed by atoms with Crippen molar-refractivity contribution in [2.45, 2.75) is 33.7 Å². The Morgan fingerprint density at radius 3 is 2.59 bits per heavy atom. The predicted molar refractivity (Wildman–Crippen MR) is 75.9 cm³/mol. The number of benzene rings is 1. The molecule has 0 aliphatic heterocycles. The van der Waals surface area contributed by atoms with E-state index in [4.69, 9.17) is 0 Å². The molecule has 0 aliphatic carbocycles. The fourth-order valence-corrected chi connectivity index (χ4v) is 2.85. The fourth-order valence-electron chi connectivity index (χ4n) is 1.94. The van der Waals surface area contributed by atoms with Crippen molar-refractivity contribution in [3.8, 4) is 0 Å². The second-order valence-corrected chi connectivity index (χ2v) is 6.16. The van der Waals surface area contributed by atoms with Gasteiger partial charge < -0.3 is 5.32 Å². The average molecular weight is 253 g/mol. The second-order valence-electron chi connectivity index (χ2n) is 4.37.